The van der Waals surface area contributed by atoms with Gasteiger partial charge in [-0.15, -0.1) is 0 Å². The van der Waals surface area contributed by atoms with Crippen molar-refractivity contribution in [2.75, 3.05) is 5.32 Å². The minimum Gasteiger partial charge on any atom is -0.310 e. The van der Waals surface area contributed by atoms with Crippen LogP contribution < -0.4 is 5.32 Å². The number of thiazole rings is 1. The summed E-state index contributed by atoms with van der Waals surface area (Å²) in [4.78, 5) is 17.2. The second-order valence-corrected chi connectivity index (χ2v) is 8.55. The molecule has 1 N–H and O–H groups in total. The van der Waals surface area contributed by atoms with Crippen molar-refractivity contribution in [2.45, 2.75) is 19.3 Å². The summed E-state index contributed by atoms with van der Waals surface area (Å²) in [6.45, 7) is 1.94. The van der Waals surface area contributed by atoms with Gasteiger partial charge in [0.2, 0.25) is 11.0 Å². The van der Waals surface area contributed by atoms with Crippen molar-refractivity contribution in [2.24, 2.45) is 0 Å². The van der Waals surface area contributed by atoms with Gasteiger partial charge in [-0.3, -0.25) is 4.79 Å². The van der Waals surface area contributed by atoms with Crippen LogP contribution >= 0.6 is 34.5 Å². The van der Waals surface area contributed by atoms with E-state index in [9.17, 15) is 4.79 Å². The molecule has 8 heteroatoms. The number of nitrogens with one attached hydrogen (secondary N) is 1. The predicted octanol–water partition coefficient (Wildman–Crippen LogP) is 5.57. The molecule has 0 saturated carbocycles. The van der Waals surface area contributed by atoms with Crippen LogP contribution in [0.1, 0.15) is 29.2 Å². The zero-order valence-corrected chi connectivity index (χ0v) is 17.1. The van der Waals surface area contributed by atoms with E-state index in [4.69, 9.17) is 28.3 Å². The number of halogens is 2. The molecule has 4 aromatic rings. The summed E-state index contributed by atoms with van der Waals surface area (Å²) in [7, 11) is 0. The van der Waals surface area contributed by atoms with Crippen LogP contribution in [0.4, 0.5) is 5.82 Å². The number of hydrogen-bond donors (Lipinski definition) is 1. The van der Waals surface area contributed by atoms with E-state index in [1.165, 1.54) is 11.3 Å². The van der Waals surface area contributed by atoms with Crippen LogP contribution in [0.2, 0.25) is 10.0 Å². The van der Waals surface area contributed by atoms with Gasteiger partial charge in [0, 0.05) is 27.9 Å². The van der Waals surface area contributed by atoms with Gasteiger partial charge in [-0.1, -0.05) is 52.7 Å². The lowest BCUT2D eigenvalue weighted by atomic mass is 9.86. The van der Waals surface area contributed by atoms with Crippen LogP contribution in [0.25, 0.3) is 15.3 Å². The van der Waals surface area contributed by atoms with E-state index in [1.54, 1.807) is 16.8 Å². The number of fused-ring (bicyclic) bond motifs is 2. The van der Waals surface area contributed by atoms with Crippen molar-refractivity contribution in [3.8, 4) is 5.13 Å². The van der Waals surface area contributed by atoms with Crippen LogP contribution in [0.15, 0.2) is 42.5 Å². The van der Waals surface area contributed by atoms with E-state index >= 15 is 0 Å². The molecule has 1 amide bonds. The number of aryl methyl sites for hydroxylation is 1. The van der Waals surface area contributed by atoms with Gasteiger partial charge in [0.15, 0.2) is 0 Å². The molecule has 1 atom stereocenters. The standard InChI is InChI=1S/C20H14Cl2N4OS/c1-10-18-13(12-7-6-11(21)8-14(12)22)9-17(27)24-19(18)26(25-10)20-23-15-4-2-3-5-16(15)28-20/h2-8,13H,9H2,1H3,(H,24,27)/t13-/m1/s1. The zero-order valence-electron chi connectivity index (χ0n) is 14.7. The van der Waals surface area contributed by atoms with Crippen LogP contribution in [-0.2, 0) is 4.79 Å². The highest BCUT2D eigenvalue weighted by molar-refractivity contribution is 7.20. The topological polar surface area (TPSA) is 59.8 Å². The van der Waals surface area contributed by atoms with Gasteiger partial charge in [-0.25, -0.2) is 4.98 Å². The third-order valence-corrected chi connectivity index (χ3v) is 6.48. The lowest BCUT2D eigenvalue weighted by Crippen LogP contribution is -2.25. The lowest BCUT2D eigenvalue weighted by molar-refractivity contribution is -0.116. The van der Waals surface area contributed by atoms with Crippen LogP contribution in [0.5, 0.6) is 0 Å². The Morgan fingerprint density at radius 2 is 2.04 bits per heavy atom. The van der Waals surface area contributed by atoms with Crippen molar-refractivity contribution >= 4 is 56.5 Å². The van der Waals surface area contributed by atoms with Crippen LogP contribution in [0.3, 0.4) is 0 Å². The quantitative estimate of drug-likeness (QED) is 0.453. The number of anilines is 1. The molecule has 0 fully saturated rings. The first-order chi connectivity index (χ1) is 13.5. The third-order valence-electron chi connectivity index (χ3n) is 4.90. The number of carbonyl (C=O) groups excluding carboxylic acids is 1. The zero-order chi connectivity index (χ0) is 19.4. The Bertz CT molecular complexity index is 1210. The monoisotopic (exact) mass is 428 g/mol. The molecule has 140 valence electrons. The fourth-order valence-electron chi connectivity index (χ4n) is 3.69. The fraction of sp³-hybridized carbons (Fsp3) is 0.150. The second kappa shape index (κ2) is 6.58. The molecule has 0 spiro atoms. The Balaban J connectivity index is 1.69. The lowest BCUT2D eigenvalue weighted by Gasteiger charge is -2.24. The largest absolute Gasteiger partial charge is 0.310 e. The Hall–Kier alpha value is -2.41. The molecule has 0 radical (unpaired) electrons. The van der Waals surface area contributed by atoms with Crippen molar-refractivity contribution in [1.29, 1.82) is 0 Å². The first-order valence-electron chi connectivity index (χ1n) is 8.71. The van der Waals surface area contributed by atoms with Gasteiger partial charge in [0.25, 0.3) is 0 Å². The molecule has 0 saturated heterocycles. The summed E-state index contributed by atoms with van der Waals surface area (Å²) in [6, 6.07) is 13.3. The Morgan fingerprint density at radius 3 is 2.82 bits per heavy atom. The van der Waals surface area contributed by atoms with E-state index in [0.717, 1.165) is 27.0 Å². The number of hydrogen-bond acceptors (Lipinski definition) is 4. The van der Waals surface area contributed by atoms with E-state index in [2.05, 4.69) is 10.3 Å². The van der Waals surface area contributed by atoms with Gasteiger partial charge in [0.05, 0.1) is 15.9 Å². The Labute approximate surface area is 174 Å². The molecule has 0 bridgehead atoms. The number of aromatic nitrogens is 3. The minimum absolute atomic E-state index is 0.0780. The van der Waals surface area contributed by atoms with Gasteiger partial charge < -0.3 is 5.32 Å². The molecule has 2 aromatic carbocycles. The Morgan fingerprint density at radius 1 is 1.21 bits per heavy atom. The number of amides is 1. The van der Waals surface area contributed by atoms with E-state index in [1.807, 2.05) is 37.3 Å². The highest BCUT2D eigenvalue weighted by Gasteiger charge is 2.34. The maximum absolute atomic E-state index is 12.5. The number of nitrogens with zero attached hydrogens (tertiary/aromatic N) is 3. The van der Waals surface area contributed by atoms with Crippen molar-refractivity contribution in [3.05, 3.63) is 69.3 Å². The molecule has 5 nitrogen and oxygen atoms in total. The van der Waals surface area contributed by atoms with E-state index in [-0.39, 0.29) is 11.8 Å². The summed E-state index contributed by atoms with van der Waals surface area (Å²) in [6.07, 6.45) is 0.306. The maximum Gasteiger partial charge on any atom is 0.226 e. The van der Waals surface area contributed by atoms with Crippen molar-refractivity contribution in [1.82, 2.24) is 14.8 Å². The third kappa shape index (κ3) is 2.80. The van der Waals surface area contributed by atoms with Gasteiger partial charge in [-0.05, 0) is 36.8 Å². The Kier molecular flexibility index (Phi) is 4.16. The average molecular weight is 429 g/mol. The molecule has 5 rings (SSSR count). The summed E-state index contributed by atoms with van der Waals surface area (Å²) >= 11 is 14.0. The van der Waals surface area contributed by atoms with Gasteiger partial charge in [0.1, 0.15) is 5.82 Å². The van der Waals surface area contributed by atoms with E-state index < -0.39 is 0 Å². The molecule has 0 aliphatic carbocycles. The summed E-state index contributed by atoms with van der Waals surface area (Å²) in [5, 5.41) is 9.51. The van der Waals surface area contributed by atoms with Crippen molar-refractivity contribution < 1.29 is 4.79 Å². The van der Waals surface area contributed by atoms with Crippen LogP contribution in [-0.4, -0.2) is 20.7 Å². The minimum atomic E-state index is -0.184. The highest BCUT2D eigenvalue weighted by Crippen LogP contribution is 2.43. The number of benzene rings is 2. The van der Waals surface area contributed by atoms with Gasteiger partial charge in [-0.2, -0.15) is 9.78 Å². The molecule has 28 heavy (non-hydrogen) atoms. The number of rotatable bonds is 2. The molecule has 1 aliphatic rings. The SMILES string of the molecule is Cc1nn(-c2nc3ccccc3s2)c2c1[C@@H](c1ccc(Cl)cc1Cl)CC(=O)N2. The molecule has 2 aromatic heterocycles. The predicted molar refractivity (Wildman–Crippen MR) is 113 cm³/mol. The number of para-hydroxylation sites is 1. The van der Waals surface area contributed by atoms with E-state index in [0.29, 0.717) is 27.4 Å². The highest BCUT2D eigenvalue weighted by atomic mass is 35.5. The average Bonchev–Trinajstić information content (AvgIpc) is 3.22. The number of carbonyl (C=O) groups is 1. The molecule has 3 heterocycles. The molecular weight excluding hydrogens is 415 g/mol. The smallest absolute Gasteiger partial charge is 0.226 e. The van der Waals surface area contributed by atoms with Gasteiger partial charge >= 0.3 is 0 Å². The first kappa shape index (κ1) is 17.7. The van der Waals surface area contributed by atoms with Crippen LogP contribution in [0, 0.1) is 6.92 Å². The fourth-order valence-corrected chi connectivity index (χ4v) is 5.15. The second-order valence-electron chi connectivity index (χ2n) is 6.69. The molecule has 0 unspecified atom stereocenters. The summed E-state index contributed by atoms with van der Waals surface area (Å²) in [5.41, 5.74) is 3.58. The maximum atomic E-state index is 12.5. The summed E-state index contributed by atoms with van der Waals surface area (Å²) in [5.74, 6) is 0.395. The normalized spacial score (nSPS) is 16.2. The molecular formula is C20H14Cl2N4OS. The first-order valence-corrected chi connectivity index (χ1v) is 10.3. The van der Waals surface area contributed by atoms with Crippen molar-refractivity contribution in [3.63, 3.8) is 0 Å². The molecule has 1 aliphatic heterocycles. The summed E-state index contributed by atoms with van der Waals surface area (Å²) < 4.78 is 2.79.